The van der Waals surface area contributed by atoms with Crippen molar-refractivity contribution in [3.8, 4) is 0 Å². The van der Waals surface area contributed by atoms with Crippen molar-refractivity contribution < 1.29 is 4.74 Å². The second-order valence-electron chi connectivity index (χ2n) is 5.44. The number of nitrogens with two attached hydrogens (primary N) is 1. The zero-order valence-electron chi connectivity index (χ0n) is 11.3. The maximum Gasteiger partial charge on any atom is 0.0597 e. The molecule has 0 saturated carbocycles. The Kier molecular flexibility index (Phi) is 4.46. The topological polar surface area (TPSA) is 35.2 Å². The third kappa shape index (κ3) is 2.79. The van der Waals surface area contributed by atoms with E-state index in [-0.39, 0.29) is 12.1 Å². The molecule has 0 bridgehead atoms. The van der Waals surface area contributed by atoms with Crippen LogP contribution in [0.1, 0.15) is 26.3 Å². The lowest BCUT2D eigenvalue weighted by Crippen LogP contribution is -2.39. The first-order valence-electron chi connectivity index (χ1n) is 6.65. The van der Waals surface area contributed by atoms with E-state index in [4.69, 9.17) is 10.5 Å². The standard InChI is InChI=1S/C15H22BrNO/c1-9-10(2)18-11(3)15(9)14(17)8-12-6-4-5-7-13(12)16/h4-7,9-11,14-15H,8,17H2,1-3H3. The van der Waals surface area contributed by atoms with E-state index in [0.29, 0.717) is 17.9 Å². The Morgan fingerprint density at radius 1 is 1.22 bits per heavy atom. The van der Waals surface area contributed by atoms with E-state index in [2.05, 4.69) is 54.9 Å². The Hall–Kier alpha value is -0.380. The molecule has 0 aliphatic carbocycles. The number of rotatable bonds is 3. The first-order valence-corrected chi connectivity index (χ1v) is 7.44. The molecule has 2 N–H and O–H groups in total. The number of hydrogen-bond donors (Lipinski definition) is 1. The molecule has 5 atom stereocenters. The largest absolute Gasteiger partial charge is 0.375 e. The SMILES string of the molecule is CC1OC(C)C(C(N)Cc2ccccc2Br)C1C. The van der Waals surface area contributed by atoms with Crippen LogP contribution in [0.4, 0.5) is 0 Å². The van der Waals surface area contributed by atoms with Crippen molar-refractivity contribution in [2.75, 3.05) is 0 Å². The Morgan fingerprint density at radius 3 is 2.44 bits per heavy atom. The van der Waals surface area contributed by atoms with Crippen LogP contribution in [0.5, 0.6) is 0 Å². The molecule has 3 heteroatoms. The Morgan fingerprint density at radius 2 is 1.89 bits per heavy atom. The molecule has 1 aliphatic rings. The Labute approximate surface area is 118 Å². The van der Waals surface area contributed by atoms with Crippen molar-refractivity contribution in [1.82, 2.24) is 0 Å². The summed E-state index contributed by atoms with van der Waals surface area (Å²) in [5.74, 6) is 0.963. The van der Waals surface area contributed by atoms with Gasteiger partial charge in [0.05, 0.1) is 12.2 Å². The van der Waals surface area contributed by atoms with Gasteiger partial charge in [-0.05, 0) is 37.8 Å². The first-order chi connectivity index (χ1) is 8.50. The molecular formula is C15H22BrNO. The molecule has 2 nitrogen and oxygen atoms in total. The van der Waals surface area contributed by atoms with Gasteiger partial charge < -0.3 is 10.5 Å². The lowest BCUT2D eigenvalue weighted by Gasteiger charge is -2.26. The van der Waals surface area contributed by atoms with E-state index < -0.39 is 0 Å². The van der Waals surface area contributed by atoms with Crippen LogP contribution in [-0.2, 0) is 11.2 Å². The van der Waals surface area contributed by atoms with Gasteiger partial charge in [0.15, 0.2) is 0 Å². The highest BCUT2D eigenvalue weighted by Crippen LogP contribution is 2.35. The molecule has 0 amide bonds. The molecule has 2 rings (SSSR count). The van der Waals surface area contributed by atoms with Gasteiger partial charge in [0.2, 0.25) is 0 Å². The van der Waals surface area contributed by atoms with Gasteiger partial charge in [0, 0.05) is 16.4 Å². The van der Waals surface area contributed by atoms with Crippen LogP contribution < -0.4 is 5.73 Å². The third-order valence-electron chi connectivity index (χ3n) is 4.23. The second-order valence-corrected chi connectivity index (χ2v) is 6.30. The second kappa shape index (κ2) is 5.72. The van der Waals surface area contributed by atoms with E-state index in [1.807, 2.05) is 6.07 Å². The molecule has 1 saturated heterocycles. The minimum atomic E-state index is 0.152. The normalized spacial score (nSPS) is 33.6. The third-order valence-corrected chi connectivity index (χ3v) is 5.00. The summed E-state index contributed by atoms with van der Waals surface area (Å²) in [4.78, 5) is 0. The van der Waals surface area contributed by atoms with Crippen LogP contribution in [0.3, 0.4) is 0 Å². The van der Waals surface area contributed by atoms with Gasteiger partial charge in [-0.2, -0.15) is 0 Å². The highest BCUT2D eigenvalue weighted by atomic mass is 79.9. The van der Waals surface area contributed by atoms with Crippen molar-refractivity contribution in [2.24, 2.45) is 17.6 Å². The van der Waals surface area contributed by atoms with Gasteiger partial charge in [0.1, 0.15) is 0 Å². The van der Waals surface area contributed by atoms with Crippen LogP contribution in [0.2, 0.25) is 0 Å². The molecule has 1 aromatic carbocycles. The molecule has 0 radical (unpaired) electrons. The van der Waals surface area contributed by atoms with Gasteiger partial charge in [-0.15, -0.1) is 0 Å². The number of halogens is 1. The van der Waals surface area contributed by atoms with E-state index >= 15 is 0 Å². The Bertz CT molecular complexity index is 409. The summed E-state index contributed by atoms with van der Waals surface area (Å²) in [5, 5.41) is 0. The summed E-state index contributed by atoms with van der Waals surface area (Å²) < 4.78 is 7.03. The van der Waals surface area contributed by atoms with Crippen molar-refractivity contribution in [3.63, 3.8) is 0 Å². The molecule has 1 fully saturated rings. The number of benzene rings is 1. The minimum absolute atomic E-state index is 0.152. The average molecular weight is 312 g/mol. The number of ether oxygens (including phenoxy) is 1. The molecule has 1 aromatic rings. The van der Waals surface area contributed by atoms with E-state index in [0.717, 1.165) is 10.9 Å². The Balaban J connectivity index is 2.08. The summed E-state index contributed by atoms with van der Waals surface area (Å²) in [7, 11) is 0. The smallest absolute Gasteiger partial charge is 0.0597 e. The van der Waals surface area contributed by atoms with Crippen molar-refractivity contribution in [3.05, 3.63) is 34.3 Å². The summed E-state index contributed by atoms with van der Waals surface area (Å²) >= 11 is 3.59. The molecule has 18 heavy (non-hydrogen) atoms. The summed E-state index contributed by atoms with van der Waals surface area (Å²) in [5.41, 5.74) is 7.70. The maximum absolute atomic E-state index is 6.42. The van der Waals surface area contributed by atoms with E-state index in [1.54, 1.807) is 0 Å². The highest BCUT2D eigenvalue weighted by Gasteiger charge is 2.40. The van der Waals surface area contributed by atoms with Crippen LogP contribution in [0, 0.1) is 11.8 Å². The molecule has 1 heterocycles. The average Bonchev–Trinajstić information content (AvgIpc) is 2.56. The van der Waals surface area contributed by atoms with Crippen LogP contribution >= 0.6 is 15.9 Å². The zero-order valence-corrected chi connectivity index (χ0v) is 12.9. The van der Waals surface area contributed by atoms with Crippen molar-refractivity contribution >= 4 is 15.9 Å². The summed E-state index contributed by atoms with van der Waals surface area (Å²) in [6.45, 7) is 6.54. The molecule has 5 unspecified atom stereocenters. The van der Waals surface area contributed by atoms with Gasteiger partial charge in [-0.25, -0.2) is 0 Å². The summed E-state index contributed by atoms with van der Waals surface area (Å²) in [6, 6.07) is 8.46. The zero-order chi connectivity index (χ0) is 13.3. The quantitative estimate of drug-likeness (QED) is 0.928. The highest BCUT2D eigenvalue weighted by molar-refractivity contribution is 9.10. The molecule has 1 aliphatic heterocycles. The van der Waals surface area contributed by atoms with Crippen molar-refractivity contribution in [1.29, 1.82) is 0 Å². The molecule has 0 aromatic heterocycles. The molecular weight excluding hydrogens is 290 g/mol. The lowest BCUT2D eigenvalue weighted by atomic mass is 9.81. The van der Waals surface area contributed by atoms with Gasteiger partial charge >= 0.3 is 0 Å². The fraction of sp³-hybridized carbons (Fsp3) is 0.600. The number of hydrogen-bond acceptors (Lipinski definition) is 2. The lowest BCUT2D eigenvalue weighted by molar-refractivity contribution is 0.0490. The first kappa shape index (κ1) is 14.0. The predicted molar refractivity (Wildman–Crippen MR) is 78.5 cm³/mol. The molecule has 0 spiro atoms. The summed E-state index contributed by atoms with van der Waals surface area (Å²) in [6.07, 6.45) is 1.47. The van der Waals surface area contributed by atoms with Crippen LogP contribution in [-0.4, -0.2) is 18.2 Å². The van der Waals surface area contributed by atoms with Crippen LogP contribution in [0.15, 0.2) is 28.7 Å². The van der Waals surface area contributed by atoms with Gasteiger partial charge in [-0.1, -0.05) is 41.1 Å². The predicted octanol–water partition coefficient (Wildman–Crippen LogP) is 3.38. The van der Waals surface area contributed by atoms with E-state index in [9.17, 15) is 0 Å². The fourth-order valence-corrected chi connectivity index (χ4v) is 3.53. The van der Waals surface area contributed by atoms with E-state index in [1.165, 1.54) is 5.56 Å². The molecule has 100 valence electrons. The minimum Gasteiger partial charge on any atom is -0.375 e. The van der Waals surface area contributed by atoms with Gasteiger partial charge in [0.25, 0.3) is 0 Å². The monoisotopic (exact) mass is 311 g/mol. The maximum atomic E-state index is 6.42. The van der Waals surface area contributed by atoms with Crippen LogP contribution in [0.25, 0.3) is 0 Å². The van der Waals surface area contributed by atoms with Crippen molar-refractivity contribution in [2.45, 2.75) is 45.4 Å². The van der Waals surface area contributed by atoms with Gasteiger partial charge in [-0.3, -0.25) is 0 Å². The fourth-order valence-electron chi connectivity index (χ4n) is 3.09.